The zero-order valence-corrected chi connectivity index (χ0v) is 15.0. The molecule has 0 saturated carbocycles. The number of alkyl halides is 1. The summed E-state index contributed by atoms with van der Waals surface area (Å²) in [6.07, 6.45) is 4.87. The number of ether oxygens (including phenoxy) is 3. The van der Waals surface area contributed by atoms with Crippen LogP contribution in [-0.2, 0) is 0 Å². The molecule has 2 rings (SSSR count). The van der Waals surface area contributed by atoms with Crippen molar-refractivity contribution in [1.29, 1.82) is 0 Å². The summed E-state index contributed by atoms with van der Waals surface area (Å²) in [4.78, 5) is 2.53. The van der Waals surface area contributed by atoms with Crippen molar-refractivity contribution in [1.82, 2.24) is 4.90 Å². The summed E-state index contributed by atoms with van der Waals surface area (Å²) in [7, 11) is 3.27. The van der Waals surface area contributed by atoms with Crippen molar-refractivity contribution < 1.29 is 14.2 Å². The van der Waals surface area contributed by atoms with Gasteiger partial charge < -0.3 is 19.1 Å². The highest BCUT2D eigenvalue weighted by Gasteiger charge is 2.16. The van der Waals surface area contributed by atoms with Gasteiger partial charge >= 0.3 is 0 Å². The first-order valence-electron chi connectivity index (χ1n) is 8.40. The second-order valence-electron chi connectivity index (χ2n) is 6.04. The zero-order valence-electron chi connectivity index (χ0n) is 14.2. The van der Waals surface area contributed by atoms with Crippen LogP contribution in [0.4, 0.5) is 0 Å². The Balaban J connectivity index is 1.74. The van der Waals surface area contributed by atoms with Crippen molar-refractivity contribution in [2.24, 2.45) is 5.92 Å². The lowest BCUT2D eigenvalue weighted by Crippen LogP contribution is -2.30. The fourth-order valence-electron chi connectivity index (χ4n) is 3.03. The lowest BCUT2D eigenvalue weighted by molar-refractivity contribution is 0.224. The van der Waals surface area contributed by atoms with Crippen LogP contribution in [0.5, 0.6) is 17.2 Å². The smallest absolute Gasteiger partial charge is 0.164 e. The molecule has 1 fully saturated rings. The van der Waals surface area contributed by atoms with E-state index in [0.717, 1.165) is 36.9 Å². The number of halogens is 1. The summed E-state index contributed by atoms with van der Waals surface area (Å²) in [5, 5.41) is 0. The maximum Gasteiger partial charge on any atom is 0.164 e. The summed E-state index contributed by atoms with van der Waals surface area (Å²) >= 11 is 6.04. The topological polar surface area (TPSA) is 30.9 Å². The van der Waals surface area contributed by atoms with Crippen molar-refractivity contribution in [2.75, 3.05) is 46.3 Å². The van der Waals surface area contributed by atoms with E-state index >= 15 is 0 Å². The summed E-state index contributed by atoms with van der Waals surface area (Å²) < 4.78 is 16.4. The van der Waals surface area contributed by atoms with Crippen LogP contribution < -0.4 is 14.2 Å². The molecule has 5 heteroatoms. The Hall–Kier alpha value is -1.13. The molecule has 1 atom stereocenters. The number of nitrogens with zero attached hydrogens (tertiary/aromatic N) is 1. The maximum atomic E-state index is 6.04. The van der Waals surface area contributed by atoms with Crippen LogP contribution in [0, 0.1) is 5.92 Å². The Morgan fingerprint density at radius 2 is 2.00 bits per heavy atom. The molecule has 130 valence electrons. The average molecular weight is 342 g/mol. The lowest BCUT2D eigenvalue weighted by atomic mass is 10.1. The summed E-state index contributed by atoms with van der Waals surface area (Å²) in [6, 6.07) is 5.65. The number of benzene rings is 1. The second kappa shape index (κ2) is 9.89. The average Bonchev–Trinajstić information content (AvgIpc) is 2.83. The fraction of sp³-hybridized carbons (Fsp3) is 0.667. The monoisotopic (exact) mass is 341 g/mol. The van der Waals surface area contributed by atoms with Gasteiger partial charge in [0.05, 0.1) is 20.8 Å². The van der Waals surface area contributed by atoms with Gasteiger partial charge in [0.15, 0.2) is 11.5 Å². The summed E-state index contributed by atoms with van der Waals surface area (Å²) in [5.41, 5.74) is 0. The third kappa shape index (κ3) is 5.78. The van der Waals surface area contributed by atoms with Crippen molar-refractivity contribution in [3.05, 3.63) is 18.2 Å². The zero-order chi connectivity index (χ0) is 16.5. The van der Waals surface area contributed by atoms with Gasteiger partial charge in [-0.25, -0.2) is 0 Å². The van der Waals surface area contributed by atoms with Crippen LogP contribution in [0.25, 0.3) is 0 Å². The number of methoxy groups -OCH3 is 2. The molecular formula is C18H28ClNO3. The molecule has 1 aliphatic heterocycles. The fourth-order valence-corrected chi connectivity index (χ4v) is 3.28. The molecule has 1 aromatic rings. The van der Waals surface area contributed by atoms with Crippen LogP contribution in [0.15, 0.2) is 18.2 Å². The Kier molecular flexibility index (Phi) is 7.83. The molecule has 0 bridgehead atoms. The van der Waals surface area contributed by atoms with Crippen molar-refractivity contribution in [3.63, 3.8) is 0 Å². The highest BCUT2D eigenvalue weighted by atomic mass is 35.5. The van der Waals surface area contributed by atoms with E-state index in [1.165, 1.54) is 25.8 Å². The van der Waals surface area contributed by atoms with Crippen LogP contribution in [0.1, 0.15) is 25.7 Å². The highest BCUT2D eigenvalue weighted by Crippen LogP contribution is 2.30. The van der Waals surface area contributed by atoms with E-state index in [-0.39, 0.29) is 0 Å². The predicted molar refractivity (Wildman–Crippen MR) is 94.2 cm³/mol. The van der Waals surface area contributed by atoms with Gasteiger partial charge in [-0.15, -0.1) is 11.6 Å². The third-order valence-corrected chi connectivity index (χ3v) is 4.75. The number of likely N-dealkylation sites (tertiary alicyclic amines) is 1. The molecule has 1 saturated heterocycles. The second-order valence-corrected chi connectivity index (χ2v) is 6.34. The molecular weight excluding hydrogens is 314 g/mol. The largest absolute Gasteiger partial charge is 0.493 e. The molecule has 1 aliphatic rings. The van der Waals surface area contributed by atoms with E-state index in [1.54, 1.807) is 14.2 Å². The molecule has 1 unspecified atom stereocenters. The van der Waals surface area contributed by atoms with Gasteiger partial charge in [0, 0.05) is 25.0 Å². The molecule has 0 aromatic heterocycles. The summed E-state index contributed by atoms with van der Waals surface area (Å²) in [6.45, 7) is 4.09. The van der Waals surface area contributed by atoms with Gasteiger partial charge in [0.2, 0.25) is 0 Å². The van der Waals surface area contributed by atoms with Gasteiger partial charge in [-0.2, -0.15) is 0 Å². The number of hydrogen-bond donors (Lipinski definition) is 0. The molecule has 1 heterocycles. The van der Waals surface area contributed by atoms with Crippen LogP contribution >= 0.6 is 11.6 Å². The van der Waals surface area contributed by atoms with E-state index in [2.05, 4.69) is 4.90 Å². The molecule has 4 nitrogen and oxygen atoms in total. The van der Waals surface area contributed by atoms with Gasteiger partial charge in [-0.1, -0.05) is 6.42 Å². The van der Waals surface area contributed by atoms with E-state index in [1.807, 2.05) is 18.2 Å². The SMILES string of the molecule is COc1ccc(OCCCN2CCCCC(CCl)C2)cc1OC. The molecule has 0 aliphatic carbocycles. The highest BCUT2D eigenvalue weighted by molar-refractivity contribution is 6.18. The Morgan fingerprint density at radius 3 is 2.74 bits per heavy atom. The lowest BCUT2D eigenvalue weighted by Gasteiger charge is -2.23. The minimum absolute atomic E-state index is 0.644. The van der Waals surface area contributed by atoms with Gasteiger partial charge in [0.1, 0.15) is 5.75 Å². The van der Waals surface area contributed by atoms with Crippen molar-refractivity contribution in [2.45, 2.75) is 25.7 Å². The van der Waals surface area contributed by atoms with E-state index < -0.39 is 0 Å². The Morgan fingerprint density at radius 1 is 1.17 bits per heavy atom. The minimum atomic E-state index is 0.644. The van der Waals surface area contributed by atoms with E-state index in [0.29, 0.717) is 18.3 Å². The molecule has 0 N–H and O–H groups in total. The first kappa shape index (κ1) is 18.2. The number of rotatable bonds is 8. The Labute approximate surface area is 144 Å². The van der Waals surface area contributed by atoms with Crippen LogP contribution in [-0.4, -0.2) is 51.2 Å². The maximum absolute atomic E-state index is 6.04. The minimum Gasteiger partial charge on any atom is -0.493 e. The van der Waals surface area contributed by atoms with Gasteiger partial charge in [0.25, 0.3) is 0 Å². The third-order valence-electron chi connectivity index (χ3n) is 4.31. The first-order valence-corrected chi connectivity index (χ1v) is 8.93. The molecule has 1 aromatic carbocycles. The van der Waals surface area contributed by atoms with Gasteiger partial charge in [-0.05, 0) is 43.9 Å². The van der Waals surface area contributed by atoms with Gasteiger partial charge in [-0.3, -0.25) is 0 Å². The van der Waals surface area contributed by atoms with Crippen molar-refractivity contribution in [3.8, 4) is 17.2 Å². The molecule has 0 amide bonds. The molecule has 0 radical (unpaired) electrons. The summed E-state index contributed by atoms with van der Waals surface area (Å²) in [5.74, 6) is 3.65. The van der Waals surface area contributed by atoms with E-state index in [9.17, 15) is 0 Å². The van der Waals surface area contributed by atoms with E-state index in [4.69, 9.17) is 25.8 Å². The standard InChI is InChI=1S/C18H28ClNO3/c1-21-17-8-7-16(12-18(17)22-2)23-11-5-10-20-9-4-3-6-15(13-19)14-20/h7-8,12,15H,3-6,9-11,13-14H2,1-2H3. The normalized spacial score (nSPS) is 19.2. The first-order chi connectivity index (χ1) is 11.3. The van der Waals surface area contributed by atoms with Crippen LogP contribution in [0.2, 0.25) is 0 Å². The quantitative estimate of drug-likeness (QED) is 0.531. The number of hydrogen-bond acceptors (Lipinski definition) is 4. The molecule has 23 heavy (non-hydrogen) atoms. The Bertz CT molecular complexity index is 470. The predicted octanol–water partition coefficient (Wildman–Crippen LogP) is 3.81. The van der Waals surface area contributed by atoms with Crippen molar-refractivity contribution >= 4 is 11.6 Å². The van der Waals surface area contributed by atoms with Crippen LogP contribution in [0.3, 0.4) is 0 Å². The molecule has 0 spiro atoms.